The van der Waals surface area contributed by atoms with E-state index in [1.807, 2.05) is 0 Å². The minimum absolute atomic E-state index is 0.220. The number of amides is 2. The Bertz CT molecular complexity index is 478. The summed E-state index contributed by atoms with van der Waals surface area (Å²) in [6.45, 7) is 0. The average Bonchev–Trinajstić information content (AvgIpc) is 2.81. The van der Waals surface area contributed by atoms with Crippen molar-refractivity contribution < 1.29 is 28.2 Å². The molecule has 2 unspecified atom stereocenters. The third-order valence-corrected chi connectivity index (χ3v) is 3.46. The number of alkyl halides is 3. The first kappa shape index (κ1) is 13.1. The number of halogens is 3. The Morgan fingerprint density at radius 1 is 1.39 bits per heavy atom. The molecule has 0 saturated carbocycles. The van der Waals surface area contributed by atoms with Crippen molar-refractivity contribution in [2.24, 2.45) is 0 Å². The number of thiazole rings is 1. The molecule has 1 saturated heterocycles. The topological polar surface area (TPSA) is 76.9 Å². The van der Waals surface area contributed by atoms with Gasteiger partial charge in [-0.25, -0.2) is 14.7 Å². The van der Waals surface area contributed by atoms with Gasteiger partial charge in [0.2, 0.25) is 0 Å². The van der Waals surface area contributed by atoms with E-state index in [0.29, 0.717) is 11.1 Å². The second-order valence-corrected chi connectivity index (χ2v) is 4.60. The van der Waals surface area contributed by atoms with Crippen LogP contribution in [0.5, 0.6) is 0 Å². The van der Waals surface area contributed by atoms with Gasteiger partial charge in [0.1, 0.15) is 4.88 Å². The van der Waals surface area contributed by atoms with Crippen LogP contribution in [0.4, 0.5) is 23.1 Å². The predicted octanol–water partition coefficient (Wildman–Crippen LogP) is 0.670. The largest absolute Gasteiger partial charge is 0.427 e. The molecule has 0 spiro atoms. The molecule has 0 radical (unpaired) electrons. The quantitative estimate of drug-likeness (QED) is 0.794. The molecule has 1 aromatic rings. The van der Waals surface area contributed by atoms with Crippen molar-refractivity contribution in [3.63, 3.8) is 0 Å². The number of anilines is 1. The Hall–Kier alpha value is -1.39. The summed E-state index contributed by atoms with van der Waals surface area (Å²) in [4.78, 5) is 15.5. The van der Waals surface area contributed by atoms with Crippen LogP contribution in [0.25, 0.3) is 0 Å². The van der Waals surface area contributed by atoms with Gasteiger partial charge in [0.05, 0.1) is 6.20 Å². The minimum Gasteiger partial charge on any atom is -0.369 e. The van der Waals surface area contributed by atoms with E-state index in [1.165, 1.54) is 7.05 Å². The van der Waals surface area contributed by atoms with Gasteiger partial charge >= 0.3 is 12.2 Å². The highest BCUT2D eigenvalue weighted by Gasteiger charge is 2.45. The number of rotatable bonds is 1. The molecule has 2 atom stereocenters. The number of aromatic nitrogens is 1. The Kier molecular flexibility index (Phi) is 2.95. The molecule has 0 aromatic carbocycles. The fourth-order valence-electron chi connectivity index (χ4n) is 1.43. The highest BCUT2D eigenvalue weighted by molar-refractivity contribution is 7.15. The molecular weight excluding hydrogens is 275 g/mol. The average molecular weight is 283 g/mol. The standard InChI is InChI=1S/C8H8F3N3O3S/c1-13-4(15)5(16)14(7(13)17)6-12-2-3(18-6)8(9,10)11/h2,4-5,15-16H,1H3. The Morgan fingerprint density at radius 3 is 2.39 bits per heavy atom. The van der Waals surface area contributed by atoms with E-state index in [-0.39, 0.29) is 16.5 Å². The molecule has 2 rings (SSSR count). The molecule has 2 amide bonds. The van der Waals surface area contributed by atoms with Gasteiger partial charge in [0.25, 0.3) is 0 Å². The SMILES string of the molecule is CN1C(=O)N(c2ncc(C(F)(F)F)s2)C(O)C1O. The molecule has 1 aliphatic heterocycles. The second kappa shape index (κ2) is 4.07. The lowest BCUT2D eigenvalue weighted by atomic mass is 10.5. The normalized spacial score (nSPS) is 25.1. The second-order valence-electron chi connectivity index (χ2n) is 3.60. The van der Waals surface area contributed by atoms with Gasteiger partial charge in [-0.05, 0) is 0 Å². The highest BCUT2D eigenvalue weighted by atomic mass is 32.1. The molecule has 100 valence electrons. The van der Waals surface area contributed by atoms with Crippen molar-refractivity contribution in [1.29, 1.82) is 0 Å². The highest BCUT2D eigenvalue weighted by Crippen LogP contribution is 2.38. The summed E-state index contributed by atoms with van der Waals surface area (Å²) in [7, 11) is 1.22. The van der Waals surface area contributed by atoms with Crippen LogP contribution in [-0.4, -0.2) is 45.6 Å². The van der Waals surface area contributed by atoms with Crippen LogP contribution in [0.2, 0.25) is 0 Å². The van der Waals surface area contributed by atoms with Gasteiger partial charge in [-0.2, -0.15) is 13.2 Å². The zero-order valence-corrected chi connectivity index (χ0v) is 9.74. The summed E-state index contributed by atoms with van der Waals surface area (Å²) in [6, 6.07) is -0.821. The van der Waals surface area contributed by atoms with Crippen LogP contribution in [0.1, 0.15) is 4.88 Å². The molecule has 18 heavy (non-hydrogen) atoms. The number of aliphatic hydroxyl groups excluding tert-OH is 2. The summed E-state index contributed by atoms with van der Waals surface area (Å²) in [5, 5.41) is 18.6. The number of hydrogen-bond acceptors (Lipinski definition) is 5. The van der Waals surface area contributed by atoms with Crippen molar-refractivity contribution in [3.8, 4) is 0 Å². The van der Waals surface area contributed by atoms with Gasteiger partial charge in [-0.1, -0.05) is 11.3 Å². The summed E-state index contributed by atoms with van der Waals surface area (Å²) in [5.41, 5.74) is 0. The molecular formula is C8H8F3N3O3S. The monoisotopic (exact) mass is 283 g/mol. The first-order chi connectivity index (χ1) is 8.23. The molecule has 1 fully saturated rings. The van der Waals surface area contributed by atoms with Crippen LogP contribution >= 0.6 is 11.3 Å². The molecule has 0 bridgehead atoms. The summed E-state index contributed by atoms with van der Waals surface area (Å²) < 4.78 is 37.1. The van der Waals surface area contributed by atoms with Crippen LogP contribution < -0.4 is 4.90 Å². The third kappa shape index (κ3) is 1.91. The van der Waals surface area contributed by atoms with Crippen LogP contribution in [0.15, 0.2) is 6.20 Å². The maximum atomic E-state index is 12.4. The molecule has 6 nitrogen and oxygen atoms in total. The van der Waals surface area contributed by atoms with E-state index in [2.05, 4.69) is 4.98 Å². The molecule has 2 heterocycles. The first-order valence-electron chi connectivity index (χ1n) is 4.68. The zero-order chi connectivity index (χ0) is 13.7. The summed E-state index contributed by atoms with van der Waals surface area (Å²) in [5.74, 6) is 0. The van der Waals surface area contributed by atoms with Crippen LogP contribution in [0, 0.1) is 0 Å². The minimum atomic E-state index is -4.56. The van der Waals surface area contributed by atoms with Crippen molar-refractivity contribution in [2.75, 3.05) is 11.9 Å². The third-order valence-electron chi connectivity index (χ3n) is 2.41. The molecule has 10 heteroatoms. The predicted molar refractivity (Wildman–Crippen MR) is 54.8 cm³/mol. The van der Waals surface area contributed by atoms with Crippen LogP contribution in [-0.2, 0) is 6.18 Å². The molecule has 1 aliphatic rings. The fraction of sp³-hybridized carbons (Fsp3) is 0.500. The maximum Gasteiger partial charge on any atom is 0.427 e. The number of urea groups is 1. The Morgan fingerprint density at radius 2 is 2.00 bits per heavy atom. The van der Waals surface area contributed by atoms with E-state index in [1.54, 1.807) is 0 Å². The molecule has 1 aromatic heterocycles. The Balaban J connectivity index is 2.33. The van der Waals surface area contributed by atoms with Gasteiger partial charge in [-0.15, -0.1) is 0 Å². The van der Waals surface area contributed by atoms with Crippen LogP contribution in [0.3, 0.4) is 0 Å². The molecule has 0 aliphatic carbocycles. The first-order valence-corrected chi connectivity index (χ1v) is 5.50. The van der Waals surface area contributed by atoms with Crippen molar-refractivity contribution >= 4 is 22.5 Å². The van der Waals surface area contributed by atoms with Gasteiger partial charge in [0.15, 0.2) is 17.6 Å². The number of carbonyl (C=O) groups is 1. The van der Waals surface area contributed by atoms with E-state index in [4.69, 9.17) is 0 Å². The lowest BCUT2D eigenvalue weighted by molar-refractivity contribution is -0.134. The number of hydrogen-bond donors (Lipinski definition) is 2. The number of likely N-dealkylation sites (N-methyl/N-ethyl adjacent to an activating group) is 1. The maximum absolute atomic E-state index is 12.4. The zero-order valence-electron chi connectivity index (χ0n) is 8.92. The lowest BCUT2D eigenvalue weighted by Crippen LogP contribution is -2.36. The number of aliphatic hydroxyl groups is 2. The fourth-order valence-corrected chi connectivity index (χ4v) is 2.24. The van der Waals surface area contributed by atoms with Gasteiger partial charge in [-0.3, -0.25) is 4.90 Å². The van der Waals surface area contributed by atoms with E-state index < -0.39 is 29.5 Å². The van der Waals surface area contributed by atoms with Gasteiger partial charge < -0.3 is 10.2 Å². The summed E-state index contributed by atoms with van der Waals surface area (Å²) in [6.07, 6.45) is -7.13. The van der Waals surface area contributed by atoms with E-state index in [9.17, 15) is 28.2 Å². The van der Waals surface area contributed by atoms with Crippen molar-refractivity contribution in [1.82, 2.24) is 9.88 Å². The van der Waals surface area contributed by atoms with Crippen molar-refractivity contribution in [3.05, 3.63) is 11.1 Å². The smallest absolute Gasteiger partial charge is 0.369 e. The number of carbonyl (C=O) groups excluding carboxylic acids is 1. The van der Waals surface area contributed by atoms with E-state index >= 15 is 0 Å². The Labute approximate surface area is 103 Å². The lowest BCUT2D eigenvalue weighted by Gasteiger charge is -2.15. The van der Waals surface area contributed by atoms with E-state index in [0.717, 1.165) is 4.90 Å². The molecule has 2 N–H and O–H groups in total. The summed E-state index contributed by atoms with van der Waals surface area (Å²) >= 11 is 0.220. The number of nitrogens with zero attached hydrogens (tertiary/aromatic N) is 3. The van der Waals surface area contributed by atoms with Gasteiger partial charge in [0, 0.05) is 7.05 Å². The van der Waals surface area contributed by atoms with Crippen molar-refractivity contribution in [2.45, 2.75) is 18.6 Å².